The average Bonchev–Trinajstić information content (AvgIpc) is 3.12. The molecule has 0 bridgehead atoms. The van der Waals surface area contributed by atoms with Crippen LogP contribution in [0.1, 0.15) is 35.7 Å². The maximum absolute atomic E-state index is 13.0. The summed E-state index contributed by atoms with van der Waals surface area (Å²) in [5.41, 5.74) is 2.02. The summed E-state index contributed by atoms with van der Waals surface area (Å²) in [4.78, 5) is 39.4. The molecule has 140 valence electrons. The van der Waals surface area contributed by atoms with Crippen LogP contribution in [0.4, 0.5) is 5.69 Å². The quantitative estimate of drug-likeness (QED) is 0.853. The van der Waals surface area contributed by atoms with Crippen LogP contribution in [0.5, 0.6) is 0 Å². The van der Waals surface area contributed by atoms with Crippen molar-refractivity contribution in [2.45, 2.75) is 32.4 Å². The Balaban J connectivity index is 1.82. The highest BCUT2D eigenvalue weighted by Crippen LogP contribution is 2.23. The second-order valence-electron chi connectivity index (χ2n) is 6.63. The van der Waals surface area contributed by atoms with Crippen molar-refractivity contribution in [3.05, 3.63) is 65.7 Å². The molecule has 6 heteroatoms. The molecule has 1 atom stereocenters. The molecule has 0 aliphatic carbocycles. The standard InChI is InChI=1S/C21H22N2O4/c1-15(21(26)27)23(14-16-6-3-2-4-7-16)20(25)17-9-11-18(12-10-17)22-13-5-8-19(22)24/h2-4,6-7,9-12,15H,5,8,13-14H2,1H3,(H,26,27). The predicted molar refractivity (Wildman–Crippen MR) is 101 cm³/mol. The van der Waals surface area contributed by atoms with Crippen LogP contribution in [0.3, 0.4) is 0 Å². The fraction of sp³-hybridized carbons (Fsp3) is 0.286. The summed E-state index contributed by atoms with van der Waals surface area (Å²) in [6, 6.07) is 15.1. The maximum Gasteiger partial charge on any atom is 0.326 e. The van der Waals surface area contributed by atoms with Gasteiger partial charge in [-0.3, -0.25) is 9.59 Å². The minimum atomic E-state index is -1.06. The van der Waals surface area contributed by atoms with Crippen LogP contribution < -0.4 is 4.90 Å². The van der Waals surface area contributed by atoms with E-state index in [4.69, 9.17) is 0 Å². The predicted octanol–water partition coefficient (Wildman–Crippen LogP) is 2.93. The zero-order valence-electron chi connectivity index (χ0n) is 15.2. The van der Waals surface area contributed by atoms with E-state index in [1.165, 1.54) is 11.8 Å². The fourth-order valence-electron chi connectivity index (χ4n) is 3.17. The number of hydrogen-bond acceptors (Lipinski definition) is 3. The number of aliphatic carboxylic acids is 1. The summed E-state index contributed by atoms with van der Waals surface area (Å²) in [7, 11) is 0. The normalized spacial score (nSPS) is 14.9. The maximum atomic E-state index is 13.0. The Labute approximate surface area is 158 Å². The van der Waals surface area contributed by atoms with Crippen LogP contribution in [-0.2, 0) is 16.1 Å². The van der Waals surface area contributed by atoms with Gasteiger partial charge in [0.05, 0.1) is 0 Å². The highest BCUT2D eigenvalue weighted by Gasteiger charge is 2.27. The van der Waals surface area contributed by atoms with Gasteiger partial charge in [-0.25, -0.2) is 4.79 Å². The molecule has 1 unspecified atom stereocenters. The van der Waals surface area contributed by atoms with Crippen molar-refractivity contribution in [2.75, 3.05) is 11.4 Å². The topological polar surface area (TPSA) is 77.9 Å². The number of rotatable bonds is 6. The molecule has 2 amide bonds. The summed E-state index contributed by atoms with van der Waals surface area (Å²) in [5.74, 6) is -1.33. The van der Waals surface area contributed by atoms with Crippen LogP contribution >= 0.6 is 0 Å². The highest BCUT2D eigenvalue weighted by atomic mass is 16.4. The summed E-state index contributed by atoms with van der Waals surface area (Å²) in [5, 5.41) is 9.41. The molecule has 27 heavy (non-hydrogen) atoms. The van der Waals surface area contributed by atoms with Crippen LogP contribution in [0.15, 0.2) is 54.6 Å². The van der Waals surface area contributed by atoms with Gasteiger partial charge in [-0.2, -0.15) is 0 Å². The lowest BCUT2D eigenvalue weighted by atomic mass is 10.1. The Kier molecular flexibility index (Phi) is 5.54. The van der Waals surface area contributed by atoms with E-state index >= 15 is 0 Å². The van der Waals surface area contributed by atoms with Crippen molar-refractivity contribution in [3.63, 3.8) is 0 Å². The van der Waals surface area contributed by atoms with E-state index in [0.29, 0.717) is 18.5 Å². The summed E-state index contributed by atoms with van der Waals surface area (Å²) in [6.07, 6.45) is 1.38. The number of carboxylic acids is 1. The first-order chi connectivity index (χ1) is 13.0. The van der Waals surface area contributed by atoms with E-state index < -0.39 is 12.0 Å². The van der Waals surface area contributed by atoms with Gasteiger partial charge < -0.3 is 14.9 Å². The molecule has 0 radical (unpaired) electrons. The Morgan fingerprint density at radius 2 is 1.78 bits per heavy atom. The van der Waals surface area contributed by atoms with E-state index in [2.05, 4.69) is 0 Å². The van der Waals surface area contributed by atoms with Crippen LogP contribution in [0.2, 0.25) is 0 Å². The monoisotopic (exact) mass is 366 g/mol. The lowest BCUT2D eigenvalue weighted by molar-refractivity contribution is -0.141. The van der Waals surface area contributed by atoms with Crippen molar-refractivity contribution < 1.29 is 19.5 Å². The minimum Gasteiger partial charge on any atom is -0.480 e. The molecule has 1 fully saturated rings. The number of hydrogen-bond donors (Lipinski definition) is 1. The zero-order chi connectivity index (χ0) is 19.4. The van der Waals surface area contributed by atoms with Crippen LogP contribution in [0, 0.1) is 0 Å². The molecular weight excluding hydrogens is 344 g/mol. The number of carboxylic acid groups (broad SMARTS) is 1. The van der Waals surface area contributed by atoms with Crippen molar-refractivity contribution >= 4 is 23.5 Å². The molecule has 1 aliphatic heterocycles. The first-order valence-corrected chi connectivity index (χ1v) is 8.95. The van der Waals surface area contributed by atoms with Crippen molar-refractivity contribution in [3.8, 4) is 0 Å². The molecule has 6 nitrogen and oxygen atoms in total. The van der Waals surface area contributed by atoms with Crippen molar-refractivity contribution in [2.24, 2.45) is 0 Å². The number of carbonyl (C=O) groups is 3. The Bertz CT molecular complexity index is 833. The molecule has 3 rings (SSSR count). The van der Waals surface area contributed by atoms with Gasteiger partial charge in [-0.1, -0.05) is 30.3 Å². The number of benzene rings is 2. The summed E-state index contributed by atoms with van der Waals surface area (Å²) < 4.78 is 0. The number of amides is 2. The van der Waals surface area contributed by atoms with Gasteiger partial charge in [-0.05, 0) is 43.2 Å². The van der Waals surface area contributed by atoms with Crippen molar-refractivity contribution in [1.82, 2.24) is 4.90 Å². The Hall–Kier alpha value is -3.15. The van der Waals surface area contributed by atoms with Crippen molar-refractivity contribution in [1.29, 1.82) is 0 Å². The highest BCUT2D eigenvalue weighted by molar-refractivity contribution is 5.98. The lowest BCUT2D eigenvalue weighted by Gasteiger charge is -2.27. The summed E-state index contributed by atoms with van der Waals surface area (Å²) >= 11 is 0. The molecule has 1 heterocycles. The SMILES string of the molecule is CC(C(=O)O)N(Cc1ccccc1)C(=O)c1ccc(N2CCCC2=O)cc1. The number of carbonyl (C=O) groups excluding carboxylic acids is 2. The molecule has 2 aromatic rings. The molecule has 1 aliphatic rings. The van der Waals surface area contributed by atoms with Gasteiger partial charge in [0.15, 0.2) is 0 Å². The van der Waals surface area contributed by atoms with E-state index in [1.54, 1.807) is 29.2 Å². The third kappa shape index (κ3) is 4.16. The fourth-order valence-corrected chi connectivity index (χ4v) is 3.17. The van der Waals surface area contributed by atoms with Gasteiger partial charge in [-0.15, -0.1) is 0 Å². The first-order valence-electron chi connectivity index (χ1n) is 8.95. The average molecular weight is 366 g/mol. The molecule has 2 aromatic carbocycles. The van der Waals surface area contributed by atoms with Crippen LogP contribution in [-0.4, -0.2) is 40.4 Å². The third-order valence-corrected chi connectivity index (χ3v) is 4.78. The van der Waals surface area contributed by atoms with E-state index in [0.717, 1.165) is 17.7 Å². The largest absolute Gasteiger partial charge is 0.480 e. The molecule has 1 saturated heterocycles. The Morgan fingerprint density at radius 3 is 2.33 bits per heavy atom. The lowest BCUT2D eigenvalue weighted by Crippen LogP contribution is -2.42. The third-order valence-electron chi connectivity index (χ3n) is 4.78. The molecule has 0 saturated carbocycles. The van der Waals surface area contributed by atoms with Gasteiger partial charge in [0.25, 0.3) is 5.91 Å². The summed E-state index contributed by atoms with van der Waals surface area (Å²) in [6.45, 7) is 2.39. The zero-order valence-corrected chi connectivity index (χ0v) is 15.2. The van der Waals surface area contributed by atoms with E-state index in [1.807, 2.05) is 30.3 Å². The minimum absolute atomic E-state index is 0.0827. The number of nitrogens with zero attached hydrogens (tertiary/aromatic N) is 2. The van der Waals surface area contributed by atoms with E-state index in [9.17, 15) is 19.5 Å². The van der Waals surface area contributed by atoms with Gasteiger partial charge >= 0.3 is 5.97 Å². The second-order valence-corrected chi connectivity index (χ2v) is 6.63. The van der Waals surface area contributed by atoms with Crippen LogP contribution in [0.25, 0.3) is 0 Å². The molecule has 0 aromatic heterocycles. The van der Waals surface area contributed by atoms with E-state index in [-0.39, 0.29) is 18.4 Å². The molecule has 1 N–H and O–H groups in total. The first kappa shape index (κ1) is 18.6. The second kappa shape index (κ2) is 8.03. The smallest absolute Gasteiger partial charge is 0.326 e. The van der Waals surface area contributed by atoms with Gasteiger partial charge in [0, 0.05) is 30.8 Å². The Morgan fingerprint density at radius 1 is 1.11 bits per heavy atom. The van der Waals surface area contributed by atoms with Gasteiger partial charge in [0.2, 0.25) is 5.91 Å². The van der Waals surface area contributed by atoms with Gasteiger partial charge in [0.1, 0.15) is 6.04 Å². The molecular formula is C21H22N2O4. The molecule has 0 spiro atoms. The number of anilines is 1.